The molecule has 1 saturated carbocycles. The van der Waals surface area contributed by atoms with Gasteiger partial charge in [-0.15, -0.1) is 0 Å². The standard InChI is InChI=1S/C15H18BrN5O2/c16-9-4-5-10(12(22)23)11(8-9)21-14(18)19-13(17)20-15(21)6-2-1-3-7-15/h4-5,8H,1-3,6-7H2,(H,22,23)(H4,17,18,19,20). The molecule has 1 fully saturated rings. The predicted octanol–water partition coefficient (Wildman–Crippen LogP) is 2.26. The van der Waals surface area contributed by atoms with Crippen LogP contribution < -0.4 is 16.4 Å². The second-order valence-electron chi connectivity index (χ2n) is 5.79. The number of hydrogen-bond acceptors (Lipinski definition) is 6. The summed E-state index contributed by atoms with van der Waals surface area (Å²) < 4.78 is 0.763. The van der Waals surface area contributed by atoms with Crippen LogP contribution in [-0.4, -0.2) is 28.7 Å². The van der Waals surface area contributed by atoms with E-state index in [0.717, 1.165) is 36.6 Å². The number of nitrogens with zero attached hydrogens (tertiary/aromatic N) is 3. The number of anilines is 1. The Balaban J connectivity index is 2.18. The minimum Gasteiger partial charge on any atom is -0.478 e. The number of carboxylic acid groups (broad SMARTS) is 1. The third kappa shape index (κ3) is 2.78. The molecule has 1 aromatic rings. The van der Waals surface area contributed by atoms with Gasteiger partial charge in [-0.1, -0.05) is 22.4 Å². The fourth-order valence-electron chi connectivity index (χ4n) is 3.34. The van der Waals surface area contributed by atoms with E-state index in [4.69, 9.17) is 11.5 Å². The number of carboxylic acids is 1. The normalized spacial score (nSPS) is 20.1. The van der Waals surface area contributed by atoms with Crippen molar-refractivity contribution in [2.75, 3.05) is 4.90 Å². The molecule has 0 amide bonds. The zero-order chi connectivity index (χ0) is 16.6. The first-order valence-corrected chi connectivity index (χ1v) is 8.25. The summed E-state index contributed by atoms with van der Waals surface area (Å²) in [6.07, 6.45) is 4.60. The van der Waals surface area contributed by atoms with Gasteiger partial charge in [-0.3, -0.25) is 4.90 Å². The maximum Gasteiger partial charge on any atom is 0.337 e. The minimum absolute atomic E-state index is 0.146. The first-order valence-electron chi connectivity index (χ1n) is 7.45. The molecule has 1 aliphatic carbocycles. The topological polar surface area (TPSA) is 117 Å². The van der Waals surface area contributed by atoms with Gasteiger partial charge in [0.2, 0.25) is 11.9 Å². The molecule has 1 aliphatic heterocycles. The van der Waals surface area contributed by atoms with Crippen molar-refractivity contribution < 1.29 is 9.90 Å². The molecule has 0 atom stereocenters. The third-order valence-corrected chi connectivity index (χ3v) is 4.78. The summed E-state index contributed by atoms with van der Waals surface area (Å²) in [6, 6.07) is 4.97. The maximum absolute atomic E-state index is 11.6. The monoisotopic (exact) mass is 379 g/mol. The van der Waals surface area contributed by atoms with E-state index in [1.165, 1.54) is 0 Å². The van der Waals surface area contributed by atoms with Gasteiger partial charge >= 0.3 is 5.97 Å². The smallest absolute Gasteiger partial charge is 0.337 e. The van der Waals surface area contributed by atoms with E-state index in [0.29, 0.717) is 5.69 Å². The second kappa shape index (κ2) is 5.84. The number of halogens is 1. The van der Waals surface area contributed by atoms with Crippen molar-refractivity contribution in [2.45, 2.75) is 37.8 Å². The Hall–Kier alpha value is -2.09. The van der Waals surface area contributed by atoms with Crippen LogP contribution in [0.25, 0.3) is 0 Å². The van der Waals surface area contributed by atoms with E-state index >= 15 is 0 Å². The second-order valence-corrected chi connectivity index (χ2v) is 6.70. The van der Waals surface area contributed by atoms with Gasteiger partial charge < -0.3 is 16.6 Å². The SMILES string of the molecule is NC1=NC2(CCCCC2)N(c2cc(Br)ccc2C(=O)O)C(N)=N1. The molecule has 7 nitrogen and oxygen atoms in total. The predicted molar refractivity (Wildman–Crippen MR) is 92.6 cm³/mol. The van der Waals surface area contributed by atoms with Crippen molar-refractivity contribution in [3.63, 3.8) is 0 Å². The van der Waals surface area contributed by atoms with Gasteiger partial charge in [0.25, 0.3) is 0 Å². The van der Waals surface area contributed by atoms with E-state index < -0.39 is 11.6 Å². The van der Waals surface area contributed by atoms with Gasteiger partial charge in [0.15, 0.2) is 0 Å². The van der Waals surface area contributed by atoms with Gasteiger partial charge in [0, 0.05) is 4.47 Å². The molecule has 0 unspecified atom stereocenters. The third-order valence-electron chi connectivity index (χ3n) is 4.28. The molecule has 0 aromatic heterocycles. The molecule has 122 valence electrons. The van der Waals surface area contributed by atoms with E-state index in [9.17, 15) is 9.90 Å². The number of carbonyl (C=O) groups is 1. The summed E-state index contributed by atoms with van der Waals surface area (Å²) in [5, 5.41) is 9.53. The number of rotatable bonds is 2. The Labute approximate surface area is 142 Å². The minimum atomic E-state index is -1.02. The van der Waals surface area contributed by atoms with Crippen molar-refractivity contribution in [2.24, 2.45) is 21.5 Å². The van der Waals surface area contributed by atoms with Crippen LogP contribution >= 0.6 is 15.9 Å². The Morgan fingerprint density at radius 3 is 2.61 bits per heavy atom. The number of aliphatic imine (C=N–C) groups is 2. The van der Waals surface area contributed by atoms with Crippen molar-refractivity contribution >= 4 is 39.5 Å². The summed E-state index contributed by atoms with van der Waals surface area (Å²) in [5.74, 6) is -0.693. The van der Waals surface area contributed by atoms with Crippen LogP contribution in [0.1, 0.15) is 42.5 Å². The van der Waals surface area contributed by atoms with Gasteiger partial charge in [-0.05, 0) is 43.9 Å². The highest BCUT2D eigenvalue weighted by molar-refractivity contribution is 9.10. The highest BCUT2D eigenvalue weighted by Crippen LogP contribution is 2.41. The highest BCUT2D eigenvalue weighted by atomic mass is 79.9. The molecule has 3 rings (SSSR count). The first kappa shape index (κ1) is 15.8. The lowest BCUT2D eigenvalue weighted by atomic mass is 9.87. The molecular formula is C15H18BrN5O2. The average Bonchev–Trinajstić information content (AvgIpc) is 2.46. The highest BCUT2D eigenvalue weighted by Gasteiger charge is 2.43. The van der Waals surface area contributed by atoms with Gasteiger partial charge in [-0.2, -0.15) is 4.99 Å². The molecule has 0 radical (unpaired) electrons. The van der Waals surface area contributed by atoms with Crippen LogP contribution in [0.4, 0.5) is 5.69 Å². The summed E-state index contributed by atoms with van der Waals surface area (Å²) in [7, 11) is 0. The van der Waals surface area contributed by atoms with Crippen molar-refractivity contribution in [3.05, 3.63) is 28.2 Å². The first-order chi connectivity index (χ1) is 10.9. The largest absolute Gasteiger partial charge is 0.478 e. The zero-order valence-electron chi connectivity index (χ0n) is 12.5. The van der Waals surface area contributed by atoms with Crippen LogP contribution in [0.15, 0.2) is 32.7 Å². The van der Waals surface area contributed by atoms with Crippen LogP contribution in [0.2, 0.25) is 0 Å². The van der Waals surface area contributed by atoms with Gasteiger partial charge in [0.1, 0.15) is 5.66 Å². The Morgan fingerprint density at radius 2 is 1.96 bits per heavy atom. The Kier molecular flexibility index (Phi) is 4.01. The molecule has 1 aromatic carbocycles. The Morgan fingerprint density at radius 1 is 1.26 bits per heavy atom. The average molecular weight is 380 g/mol. The van der Waals surface area contributed by atoms with E-state index in [-0.39, 0.29) is 17.5 Å². The molecule has 0 bridgehead atoms. The number of benzene rings is 1. The number of hydrogen-bond donors (Lipinski definition) is 3. The summed E-state index contributed by atoms with van der Waals surface area (Å²) in [4.78, 5) is 22.0. The lowest BCUT2D eigenvalue weighted by molar-refractivity contribution is 0.0697. The van der Waals surface area contributed by atoms with E-state index in [1.807, 2.05) is 0 Å². The zero-order valence-corrected chi connectivity index (χ0v) is 14.1. The number of guanidine groups is 2. The molecule has 2 aliphatic rings. The molecule has 23 heavy (non-hydrogen) atoms. The van der Waals surface area contributed by atoms with Crippen LogP contribution in [0.5, 0.6) is 0 Å². The fourth-order valence-corrected chi connectivity index (χ4v) is 3.69. The van der Waals surface area contributed by atoms with E-state index in [1.54, 1.807) is 23.1 Å². The van der Waals surface area contributed by atoms with Gasteiger partial charge in [0.05, 0.1) is 11.3 Å². The number of aromatic carboxylic acids is 1. The maximum atomic E-state index is 11.6. The summed E-state index contributed by atoms with van der Waals surface area (Å²) in [5.41, 5.74) is 11.9. The van der Waals surface area contributed by atoms with Crippen LogP contribution in [0, 0.1) is 0 Å². The van der Waals surface area contributed by atoms with Crippen LogP contribution in [0.3, 0.4) is 0 Å². The molecule has 1 heterocycles. The Bertz CT molecular complexity index is 710. The van der Waals surface area contributed by atoms with Crippen LogP contribution in [-0.2, 0) is 0 Å². The molecule has 8 heteroatoms. The molecule has 0 saturated heterocycles. The lowest BCUT2D eigenvalue weighted by Crippen LogP contribution is -2.58. The quantitative estimate of drug-likeness (QED) is 0.728. The summed E-state index contributed by atoms with van der Waals surface area (Å²) in [6.45, 7) is 0. The lowest BCUT2D eigenvalue weighted by Gasteiger charge is -2.46. The fraction of sp³-hybridized carbons (Fsp3) is 0.400. The van der Waals surface area contributed by atoms with Gasteiger partial charge in [-0.25, -0.2) is 9.79 Å². The molecule has 5 N–H and O–H groups in total. The molecule has 1 spiro atoms. The van der Waals surface area contributed by atoms with Crippen molar-refractivity contribution in [1.82, 2.24) is 0 Å². The number of nitrogens with two attached hydrogens (primary N) is 2. The van der Waals surface area contributed by atoms with Crippen molar-refractivity contribution in [1.29, 1.82) is 0 Å². The summed E-state index contributed by atoms with van der Waals surface area (Å²) >= 11 is 3.40. The van der Waals surface area contributed by atoms with E-state index in [2.05, 4.69) is 25.9 Å². The van der Waals surface area contributed by atoms with Crippen molar-refractivity contribution in [3.8, 4) is 0 Å². The molecular weight excluding hydrogens is 362 g/mol.